The second-order valence-corrected chi connectivity index (χ2v) is 5.50. The van der Waals surface area contributed by atoms with Crippen molar-refractivity contribution in [3.8, 4) is 5.75 Å². The maximum atomic E-state index is 12.0. The maximum Gasteiger partial charge on any atom is 0.252 e. The number of amides is 1. The fourth-order valence-electron chi connectivity index (χ4n) is 1.85. The van der Waals surface area contributed by atoms with Crippen molar-refractivity contribution in [3.63, 3.8) is 0 Å². The highest BCUT2D eigenvalue weighted by molar-refractivity contribution is 14.1. The lowest BCUT2D eigenvalue weighted by atomic mass is 10.1. The van der Waals surface area contributed by atoms with Crippen molar-refractivity contribution in [2.75, 3.05) is 13.7 Å². The molecule has 1 amide bonds. The lowest BCUT2D eigenvalue weighted by Gasteiger charge is -2.07. The Hall–Kier alpha value is -1.56. The van der Waals surface area contributed by atoms with Gasteiger partial charge in [-0.1, -0.05) is 24.3 Å². The number of hydrogen-bond donors (Lipinski definition) is 1. The minimum atomic E-state index is -0.0245. The van der Waals surface area contributed by atoms with Crippen LogP contribution in [-0.2, 0) is 6.42 Å². The summed E-state index contributed by atoms with van der Waals surface area (Å²) in [5.41, 5.74) is 1.90. The van der Waals surface area contributed by atoms with E-state index in [-0.39, 0.29) is 5.91 Å². The van der Waals surface area contributed by atoms with Gasteiger partial charge < -0.3 is 10.1 Å². The quantitative estimate of drug-likeness (QED) is 0.808. The Bertz CT molecular complexity index is 581. The van der Waals surface area contributed by atoms with Gasteiger partial charge in [0.25, 0.3) is 5.91 Å². The van der Waals surface area contributed by atoms with E-state index in [1.165, 1.54) is 5.56 Å². The Kier molecular flexibility index (Phi) is 5.40. The first-order chi connectivity index (χ1) is 9.70. The van der Waals surface area contributed by atoms with Crippen molar-refractivity contribution in [2.45, 2.75) is 6.42 Å². The van der Waals surface area contributed by atoms with E-state index in [2.05, 4.69) is 27.9 Å². The molecular weight excluding hydrogens is 365 g/mol. The van der Waals surface area contributed by atoms with Crippen LogP contribution in [0.5, 0.6) is 5.75 Å². The normalized spacial score (nSPS) is 10.1. The summed E-state index contributed by atoms with van der Waals surface area (Å²) in [6.45, 7) is 0.621. The highest BCUT2D eigenvalue weighted by atomic mass is 127. The molecule has 0 unspecified atom stereocenters. The summed E-state index contributed by atoms with van der Waals surface area (Å²) in [7, 11) is 1.65. The molecule has 0 heterocycles. The Balaban J connectivity index is 1.86. The van der Waals surface area contributed by atoms with Gasteiger partial charge >= 0.3 is 0 Å². The molecule has 0 aliphatic heterocycles. The Morgan fingerprint density at radius 1 is 1.15 bits per heavy atom. The van der Waals surface area contributed by atoms with Crippen molar-refractivity contribution in [2.24, 2.45) is 0 Å². The van der Waals surface area contributed by atoms with Crippen molar-refractivity contribution in [1.82, 2.24) is 5.32 Å². The van der Waals surface area contributed by atoms with Gasteiger partial charge in [0.15, 0.2) is 0 Å². The molecule has 4 heteroatoms. The topological polar surface area (TPSA) is 38.3 Å². The molecule has 0 bridgehead atoms. The van der Waals surface area contributed by atoms with Crippen LogP contribution in [0.15, 0.2) is 48.5 Å². The third-order valence-corrected chi connectivity index (χ3v) is 3.92. The van der Waals surface area contributed by atoms with E-state index < -0.39 is 0 Å². The van der Waals surface area contributed by atoms with Crippen molar-refractivity contribution < 1.29 is 9.53 Å². The van der Waals surface area contributed by atoms with Crippen LogP contribution in [0, 0.1) is 3.57 Å². The Morgan fingerprint density at radius 2 is 1.85 bits per heavy atom. The first-order valence-corrected chi connectivity index (χ1v) is 7.44. The largest absolute Gasteiger partial charge is 0.497 e. The molecule has 2 aromatic carbocycles. The van der Waals surface area contributed by atoms with Gasteiger partial charge in [-0.2, -0.15) is 0 Å². The van der Waals surface area contributed by atoms with Crippen LogP contribution < -0.4 is 10.1 Å². The van der Waals surface area contributed by atoms with Crippen LogP contribution in [0.4, 0.5) is 0 Å². The van der Waals surface area contributed by atoms with Crippen molar-refractivity contribution >= 4 is 28.5 Å². The van der Waals surface area contributed by atoms with E-state index in [1.807, 2.05) is 48.5 Å². The van der Waals surface area contributed by atoms with E-state index >= 15 is 0 Å². The highest BCUT2D eigenvalue weighted by Crippen LogP contribution is 2.12. The number of nitrogens with one attached hydrogen (secondary N) is 1. The summed E-state index contributed by atoms with van der Waals surface area (Å²) in [6.07, 6.45) is 0.805. The lowest BCUT2D eigenvalue weighted by molar-refractivity contribution is 0.0953. The predicted molar refractivity (Wildman–Crippen MR) is 88.2 cm³/mol. The molecule has 0 saturated carbocycles. The fraction of sp³-hybridized carbons (Fsp3) is 0.188. The highest BCUT2D eigenvalue weighted by Gasteiger charge is 2.07. The minimum absolute atomic E-state index is 0.0245. The molecule has 2 aromatic rings. The Labute approximate surface area is 132 Å². The molecule has 0 saturated heterocycles. The van der Waals surface area contributed by atoms with Gasteiger partial charge in [-0.05, 0) is 58.8 Å². The van der Waals surface area contributed by atoms with Crippen LogP contribution in [0.1, 0.15) is 15.9 Å². The first kappa shape index (κ1) is 14.8. The number of carbonyl (C=O) groups is 1. The molecule has 0 spiro atoms. The zero-order chi connectivity index (χ0) is 14.4. The molecular formula is C16H16INO2. The van der Waals surface area contributed by atoms with Crippen LogP contribution in [-0.4, -0.2) is 19.6 Å². The molecule has 0 atom stereocenters. The van der Waals surface area contributed by atoms with Crippen LogP contribution in [0.2, 0.25) is 0 Å². The molecule has 2 rings (SSSR count). The van der Waals surface area contributed by atoms with Crippen molar-refractivity contribution in [3.05, 3.63) is 63.2 Å². The second kappa shape index (κ2) is 7.28. The SMILES string of the molecule is COc1ccc(CCNC(=O)c2ccccc2I)cc1. The molecule has 0 aliphatic rings. The van der Waals surface area contributed by atoms with E-state index in [9.17, 15) is 4.79 Å². The third kappa shape index (κ3) is 3.96. The van der Waals surface area contributed by atoms with Gasteiger partial charge in [0.1, 0.15) is 5.75 Å². The standard InChI is InChI=1S/C16H16INO2/c1-20-13-8-6-12(7-9-13)10-11-18-16(19)14-4-2-3-5-15(14)17/h2-9H,10-11H2,1H3,(H,18,19). The van der Waals surface area contributed by atoms with Crippen LogP contribution in [0.25, 0.3) is 0 Å². The summed E-state index contributed by atoms with van der Waals surface area (Å²) in [6, 6.07) is 15.4. The van der Waals surface area contributed by atoms with E-state index in [1.54, 1.807) is 7.11 Å². The van der Waals surface area contributed by atoms with Gasteiger partial charge in [0, 0.05) is 10.1 Å². The summed E-state index contributed by atoms with van der Waals surface area (Å²) in [5.74, 6) is 0.820. The minimum Gasteiger partial charge on any atom is -0.497 e. The number of carbonyl (C=O) groups excluding carboxylic acids is 1. The monoisotopic (exact) mass is 381 g/mol. The van der Waals surface area contributed by atoms with E-state index in [4.69, 9.17) is 4.74 Å². The number of benzene rings is 2. The fourth-order valence-corrected chi connectivity index (χ4v) is 2.49. The zero-order valence-electron chi connectivity index (χ0n) is 11.2. The maximum absolute atomic E-state index is 12.0. The molecule has 0 radical (unpaired) electrons. The van der Waals surface area contributed by atoms with E-state index in [0.717, 1.165) is 21.3 Å². The van der Waals surface area contributed by atoms with E-state index in [0.29, 0.717) is 6.54 Å². The van der Waals surface area contributed by atoms with Crippen molar-refractivity contribution in [1.29, 1.82) is 0 Å². The number of hydrogen-bond acceptors (Lipinski definition) is 2. The molecule has 0 fully saturated rings. The molecule has 104 valence electrons. The summed E-state index contributed by atoms with van der Waals surface area (Å²) in [5, 5.41) is 2.94. The van der Waals surface area contributed by atoms with Gasteiger partial charge in [-0.15, -0.1) is 0 Å². The van der Waals surface area contributed by atoms with Gasteiger partial charge in [-0.3, -0.25) is 4.79 Å². The molecule has 0 aromatic heterocycles. The number of methoxy groups -OCH3 is 1. The summed E-state index contributed by atoms with van der Waals surface area (Å²) < 4.78 is 6.08. The van der Waals surface area contributed by atoms with Gasteiger partial charge in [-0.25, -0.2) is 0 Å². The first-order valence-electron chi connectivity index (χ1n) is 6.36. The average molecular weight is 381 g/mol. The average Bonchev–Trinajstić information content (AvgIpc) is 2.48. The third-order valence-electron chi connectivity index (χ3n) is 2.98. The summed E-state index contributed by atoms with van der Waals surface area (Å²) in [4.78, 5) is 12.0. The summed E-state index contributed by atoms with van der Waals surface area (Å²) >= 11 is 2.17. The lowest BCUT2D eigenvalue weighted by Crippen LogP contribution is -2.26. The van der Waals surface area contributed by atoms with Crippen LogP contribution >= 0.6 is 22.6 Å². The number of rotatable bonds is 5. The zero-order valence-corrected chi connectivity index (χ0v) is 13.4. The van der Waals surface area contributed by atoms with Crippen LogP contribution in [0.3, 0.4) is 0 Å². The number of halogens is 1. The molecule has 20 heavy (non-hydrogen) atoms. The molecule has 0 aliphatic carbocycles. The molecule has 1 N–H and O–H groups in total. The predicted octanol–water partition coefficient (Wildman–Crippen LogP) is 3.27. The molecule has 3 nitrogen and oxygen atoms in total. The second-order valence-electron chi connectivity index (χ2n) is 4.33. The van der Waals surface area contributed by atoms with Gasteiger partial charge in [0.05, 0.1) is 12.7 Å². The van der Waals surface area contributed by atoms with Gasteiger partial charge in [0.2, 0.25) is 0 Å². The smallest absolute Gasteiger partial charge is 0.252 e. The number of ether oxygens (including phenoxy) is 1. The Morgan fingerprint density at radius 3 is 2.50 bits per heavy atom.